The van der Waals surface area contributed by atoms with Crippen LogP contribution in [0.2, 0.25) is 0 Å². The van der Waals surface area contributed by atoms with E-state index in [1.54, 1.807) is 32.9 Å². The lowest BCUT2D eigenvalue weighted by Crippen LogP contribution is -2.30. The summed E-state index contributed by atoms with van der Waals surface area (Å²) >= 11 is 0. The minimum atomic E-state index is -3.79. The van der Waals surface area contributed by atoms with Gasteiger partial charge in [-0.3, -0.25) is 15.5 Å². The van der Waals surface area contributed by atoms with Crippen molar-refractivity contribution in [2.45, 2.75) is 25.7 Å². The second-order valence-electron chi connectivity index (χ2n) is 5.31. The first-order valence-corrected chi connectivity index (χ1v) is 9.38. The van der Waals surface area contributed by atoms with Crippen molar-refractivity contribution in [1.82, 2.24) is 4.31 Å². The van der Waals surface area contributed by atoms with Crippen molar-refractivity contribution in [1.29, 1.82) is 0 Å². The van der Waals surface area contributed by atoms with Crippen molar-refractivity contribution in [3.8, 4) is 0 Å². The Labute approximate surface area is 151 Å². The van der Waals surface area contributed by atoms with Crippen molar-refractivity contribution in [2.75, 3.05) is 18.5 Å². The summed E-state index contributed by atoms with van der Waals surface area (Å²) in [7, 11) is -3.79. The third kappa shape index (κ3) is 4.09. The van der Waals surface area contributed by atoms with Gasteiger partial charge in [0.05, 0.1) is 16.1 Å². The van der Waals surface area contributed by atoms with E-state index in [4.69, 9.17) is 4.42 Å². The van der Waals surface area contributed by atoms with Crippen LogP contribution in [0.4, 0.5) is 11.4 Å². The monoisotopic (exact) mass is 380 g/mol. The van der Waals surface area contributed by atoms with Crippen molar-refractivity contribution in [2.24, 2.45) is 5.10 Å². The molecule has 0 saturated heterocycles. The molecule has 1 N–H and O–H groups in total. The molecule has 1 heterocycles. The summed E-state index contributed by atoms with van der Waals surface area (Å²) in [5.74, 6) is 0.515. The number of nitro benzene ring substituents is 1. The van der Waals surface area contributed by atoms with Gasteiger partial charge in [0.15, 0.2) is 0 Å². The molecule has 2 aromatic rings. The van der Waals surface area contributed by atoms with E-state index in [0.717, 1.165) is 6.07 Å². The number of rotatable bonds is 8. The second kappa shape index (κ2) is 8.11. The third-order valence-electron chi connectivity index (χ3n) is 3.73. The number of nitrogens with one attached hydrogen (secondary N) is 1. The fourth-order valence-electron chi connectivity index (χ4n) is 2.31. The number of benzene rings is 1. The zero-order chi connectivity index (χ0) is 19.3. The van der Waals surface area contributed by atoms with Gasteiger partial charge in [-0.05, 0) is 31.2 Å². The summed E-state index contributed by atoms with van der Waals surface area (Å²) in [5.41, 5.74) is 2.79. The normalized spacial score (nSPS) is 12.4. The first-order valence-electron chi connectivity index (χ1n) is 7.94. The maximum absolute atomic E-state index is 12.5. The Morgan fingerprint density at radius 3 is 2.54 bits per heavy atom. The minimum Gasteiger partial charge on any atom is -0.463 e. The number of nitro groups is 1. The molecule has 0 spiro atoms. The Balaban J connectivity index is 2.38. The van der Waals surface area contributed by atoms with E-state index in [1.807, 2.05) is 0 Å². The molecule has 0 aliphatic heterocycles. The fourth-order valence-corrected chi connectivity index (χ4v) is 3.79. The van der Waals surface area contributed by atoms with Crippen molar-refractivity contribution in [3.63, 3.8) is 0 Å². The first-order chi connectivity index (χ1) is 12.3. The summed E-state index contributed by atoms with van der Waals surface area (Å²) in [6.07, 6.45) is 1.49. The highest BCUT2D eigenvalue weighted by Gasteiger charge is 2.25. The van der Waals surface area contributed by atoms with Gasteiger partial charge in [0.2, 0.25) is 10.0 Å². The summed E-state index contributed by atoms with van der Waals surface area (Å²) in [6.45, 7) is 5.64. The molecule has 0 aliphatic rings. The number of furan rings is 1. The van der Waals surface area contributed by atoms with Gasteiger partial charge in [0.25, 0.3) is 5.69 Å². The lowest BCUT2D eigenvalue weighted by molar-refractivity contribution is -0.384. The zero-order valence-electron chi connectivity index (χ0n) is 14.7. The van der Waals surface area contributed by atoms with Gasteiger partial charge in [-0.15, -0.1) is 0 Å². The molecule has 9 nitrogen and oxygen atoms in total. The molecule has 1 aromatic carbocycles. The summed E-state index contributed by atoms with van der Waals surface area (Å²) in [6, 6.07) is 7.08. The standard InChI is InChI=1S/C16H20N4O5S/c1-4-19(5-2)26(23,24)13-8-9-14(15(11-13)20(21)22)18-17-12(3)16-7-6-10-25-16/h6-11,18H,4-5H2,1-3H3/b17-12-. The van der Waals surface area contributed by atoms with Gasteiger partial charge < -0.3 is 4.42 Å². The smallest absolute Gasteiger partial charge is 0.295 e. The first kappa shape index (κ1) is 19.6. The van der Waals surface area contributed by atoms with Crippen molar-refractivity contribution >= 4 is 27.1 Å². The molecule has 0 radical (unpaired) electrons. The largest absolute Gasteiger partial charge is 0.463 e. The van der Waals surface area contributed by atoms with Crippen molar-refractivity contribution < 1.29 is 17.8 Å². The van der Waals surface area contributed by atoms with E-state index in [1.165, 1.54) is 22.7 Å². The Morgan fingerprint density at radius 2 is 2.00 bits per heavy atom. The number of hydrazone groups is 1. The van der Waals surface area contributed by atoms with Crippen LogP contribution in [0.3, 0.4) is 0 Å². The van der Waals surface area contributed by atoms with Crippen LogP contribution >= 0.6 is 0 Å². The van der Waals surface area contributed by atoms with Crippen molar-refractivity contribution in [3.05, 3.63) is 52.5 Å². The highest BCUT2D eigenvalue weighted by Crippen LogP contribution is 2.29. The molecule has 0 unspecified atom stereocenters. The van der Waals surface area contributed by atoms with E-state index in [2.05, 4.69) is 10.5 Å². The van der Waals surface area contributed by atoms with Crippen LogP contribution in [0.25, 0.3) is 0 Å². The SMILES string of the molecule is CCN(CC)S(=O)(=O)c1ccc(N/N=C(/C)c2ccco2)c([N+](=O)[O-])c1. The van der Waals surface area contributed by atoms with Crippen LogP contribution in [0, 0.1) is 10.1 Å². The average Bonchev–Trinajstić information content (AvgIpc) is 3.15. The molecular formula is C16H20N4O5S. The van der Waals surface area contributed by atoms with Crippen LogP contribution in [-0.4, -0.2) is 36.4 Å². The maximum atomic E-state index is 12.5. The predicted octanol–water partition coefficient (Wildman–Crippen LogP) is 3.05. The highest BCUT2D eigenvalue weighted by molar-refractivity contribution is 7.89. The lowest BCUT2D eigenvalue weighted by Gasteiger charge is -2.18. The quantitative estimate of drug-likeness (QED) is 0.427. The Morgan fingerprint density at radius 1 is 1.31 bits per heavy atom. The third-order valence-corrected chi connectivity index (χ3v) is 5.78. The Bertz CT molecular complexity index is 903. The summed E-state index contributed by atoms with van der Waals surface area (Å²) in [4.78, 5) is 10.6. The summed E-state index contributed by atoms with van der Waals surface area (Å²) in [5, 5.41) is 15.4. The Kier molecular flexibility index (Phi) is 6.11. The molecule has 0 bridgehead atoms. The molecule has 10 heteroatoms. The number of anilines is 1. The number of nitrogens with zero attached hydrogens (tertiary/aromatic N) is 3. The van der Waals surface area contributed by atoms with E-state index in [9.17, 15) is 18.5 Å². The van der Waals surface area contributed by atoms with Crippen LogP contribution in [0.1, 0.15) is 26.5 Å². The molecular weight excluding hydrogens is 360 g/mol. The van der Waals surface area contributed by atoms with Crippen LogP contribution < -0.4 is 5.43 Å². The maximum Gasteiger partial charge on any atom is 0.295 e. The van der Waals surface area contributed by atoms with Gasteiger partial charge in [0.1, 0.15) is 17.2 Å². The minimum absolute atomic E-state index is 0.0828. The molecule has 26 heavy (non-hydrogen) atoms. The van der Waals surface area contributed by atoms with Gasteiger partial charge in [-0.25, -0.2) is 8.42 Å². The lowest BCUT2D eigenvalue weighted by atomic mass is 10.3. The van der Waals surface area contributed by atoms with E-state index in [0.29, 0.717) is 11.5 Å². The summed E-state index contributed by atoms with van der Waals surface area (Å²) < 4.78 is 31.5. The van der Waals surface area contributed by atoms with E-state index >= 15 is 0 Å². The van der Waals surface area contributed by atoms with E-state index in [-0.39, 0.29) is 29.4 Å². The number of hydrogen-bond donors (Lipinski definition) is 1. The average molecular weight is 380 g/mol. The predicted molar refractivity (Wildman–Crippen MR) is 97.7 cm³/mol. The fraction of sp³-hybridized carbons (Fsp3) is 0.312. The van der Waals surface area contributed by atoms with Gasteiger partial charge in [-0.1, -0.05) is 13.8 Å². The van der Waals surface area contributed by atoms with Gasteiger partial charge >= 0.3 is 0 Å². The second-order valence-corrected chi connectivity index (χ2v) is 7.25. The molecule has 140 valence electrons. The van der Waals surface area contributed by atoms with Crippen LogP contribution in [-0.2, 0) is 10.0 Å². The molecule has 0 saturated carbocycles. The molecule has 0 amide bonds. The molecule has 2 rings (SSSR count). The molecule has 0 aliphatic carbocycles. The number of hydrogen-bond acceptors (Lipinski definition) is 7. The van der Waals surface area contributed by atoms with Gasteiger partial charge in [0, 0.05) is 19.2 Å². The van der Waals surface area contributed by atoms with Gasteiger partial charge in [-0.2, -0.15) is 9.41 Å². The highest BCUT2D eigenvalue weighted by atomic mass is 32.2. The molecule has 0 atom stereocenters. The van der Waals surface area contributed by atoms with Crippen LogP contribution in [0.15, 0.2) is 51.0 Å². The number of sulfonamides is 1. The van der Waals surface area contributed by atoms with E-state index < -0.39 is 14.9 Å². The Hall–Kier alpha value is -2.72. The topological polar surface area (TPSA) is 118 Å². The molecule has 0 fully saturated rings. The van der Waals surface area contributed by atoms with Crippen LogP contribution in [0.5, 0.6) is 0 Å². The molecule has 1 aromatic heterocycles. The zero-order valence-corrected chi connectivity index (χ0v) is 15.5.